The van der Waals surface area contributed by atoms with Crippen LogP contribution in [-0.2, 0) is 14.3 Å². The minimum Gasteiger partial charge on any atom is -0.469 e. The van der Waals surface area contributed by atoms with Gasteiger partial charge in [-0.2, -0.15) is 0 Å². The van der Waals surface area contributed by atoms with E-state index >= 15 is 0 Å². The highest BCUT2D eigenvalue weighted by Gasteiger charge is 2.42. The minimum absolute atomic E-state index is 0.0366. The first kappa shape index (κ1) is 15.8. The van der Waals surface area contributed by atoms with Gasteiger partial charge in [0, 0.05) is 6.04 Å². The quantitative estimate of drug-likeness (QED) is 0.798. The highest BCUT2D eigenvalue weighted by Crippen LogP contribution is 2.44. The number of amides is 1. The summed E-state index contributed by atoms with van der Waals surface area (Å²) in [6.07, 6.45) is 2.85. The van der Waals surface area contributed by atoms with Crippen LogP contribution in [0.15, 0.2) is 0 Å². The summed E-state index contributed by atoms with van der Waals surface area (Å²) in [6.45, 7) is 7.52. The zero-order valence-electron chi connectivity index (χ0n) is 12.5. The van der Waals surface area contributed by atoms with Gasteiger partial charge in [-0.1, -0.05) is 13.3 Å². The Labute approximate surface area is 115 Å². The first-order valence-electron chi connectivity index (χ1n) is 6.73. The van der Waals surface area contributed by atoms with E-state index < -0.39 is 11.7 Å². The lowest BCUT2D eigenvalue weighted by Crippen LogP contribution is -2.51. The Bertz CT molecular complexity index is 342. The van der Waals surface area contributed by atoms with Crippen molar-refractivity contribution in [3.63, 3.8) is 0 Å². The van der Waals surface area contributed by atoms with Crippen LogP contribution in [0, 0.1) is 5.41 Å². The second-order valence-corrected chi connectivity index (χ2v) is 6.49. The maximum atomic E-state index is 11.8. The molecule has 0 aliphatic heterocycles. The topological polar surface area (TPSA) is 64.6 Å². The molecule has 0 heterocycles. The molecule has 1 fully saturated rings. The number of alkyl carbamates (subject to hydrolysis) is 1. The van der Waals surface area contributed by atoms with Gasteiger partial charge in [0.15, 0.2) is 0 Å². The summed E-state index contributed by atoms with van der Waals surface area (Å²) in [7, 11) is 1.36. The summed E-state index contributed by atoms with van der Waals surface area (Å²) >= 11 is 0. The van der Waals surface area contributed by atoms with Gasteiger partial charge >= 0.3 is 12.1 Å². The van der Waals surface area contributed by atoms with Gasteiger partial charge in [0.25, 0.3) is 0 Å². The van der Waals surface area contributed by atoms with E-state index in [1.807, 2.05) is 20.8 Å². The number of esters is 1. The Morgan fingerprint density at radius 2 is 1.89 bits per heavy atom. The van der Waals surface area contributed by atoms with Crippen LogP contribution in [0.5, 0.6) is 0 Å². The molecule has 1 atom stereocenters. The van der Waals surface area contributed by atoms with E-state index in [1.54, 1.807) is 0 Å². The van der Waals surface area contributed by atoms with Crippen LogP contribution in [0.1, 0.15) is 53.4 Å². The third kappa shape index (κ3) is 4.73. The number of carbonyl (C=O) groups excluding carboxylic acids is 2. The summed E-state index contributed by atoms with van der Waals surface area (Å²) in [6, 6.07) is -0.233. The van der Waals surface area contributed by atoms with Crippen molar-refractivity contribution in [2.45, 2.75) is 65.0 Å². The highest BCUT2D eigenvalue weighted by molar-refractivity contribution is 5.73. The lowest BCUT2D eigenvalue weighted by atomic mass is 9.64. The molecule has 19 heavy (non-hydrogen) atoms. The van der Waals surface area contributed by atoms with Crippen molar-refractivity contribution in [3.8, 4) is 0 Å². The predicted molar refractivity (Wildman–Crippen MR) is 71.7 cm³/mol. The van der Waals surface area contributed by atoms with Gasteiger partial charge < -0.3 is 14.8 Å². The number of hydrogen-bond donors (Lipinski definition) is 1. The molecule has 1 unspecified atom stereocenters. The molecule has 0 spiro atoms. The van der Waals surface area contributed by atoms with Crippen LogP contribution >= 0.6 is 0 Å². The molecule has 1 aliphatic rings. The number of ether oxygens (including phenoxy) is 2. The molecule has 0 aromatic rings. The van der Waals surface area contributed by atoms with Crippen LogP contribution in [0.2, 0.25) is 0 Å². The summed E-state index contributed by atoms with van der Waals surface area (Å²) in [5.74, 6) is -0.311. The van der Waals surface area contributed by atoms with E-state index in [4.69, 9.17) is 9.47 Å². The number of rotatable bonds is 4. The Morgan fingerprint density at radius 3 is 2.26 bits per heavy atom. The van der Waals surface area contributed by atoms with Crippen molar-refractivity contribution in [1.82, 2.24) is 5.32 Å². The Morgan fingerprint density at radius 1 is 1.32 bits per heavy atom. The molecular formula is C14H25NO4. The fourth-order valence-corrected chi connectivity index (χ4v) is 2.25. The number of carbonyl (C=O) groups is 2. The van der Waals surface area contributed by atoms with Crippen LogP contribution in [-0.4, -0.2) is 30.8 Å². The van der Waals surface area contributed by atoms with E-state index in [1.165, 1.54) is 7.11 Å². The largest absolute Gasteiger partial charge is 0.469 e. The molecule has 1 N–H and O–H groups in total. The lowest BCUT2D eigenvalue weighted by Gasteiger charge is -2.44. The molecule has 1 rings (SSSR count). The number of nitrogens with one attached hydrogen (secondary N) is 1. The van der Waals surface area contributed by atoms with E-state index in [9.17, 15) is 9.59 Å². The van der Waals surface area contributed by atoms with Gasteiger partial charge in [-0.05, 0) is 39.0 Å². The lowest BCUT2D eigenvalue weighted by molar-refractivity contribution is -0.142. The first-order chi connectivity index (χ1) is 8.66. The molecule has 0 saturated heterocycles. The summed E-state index contributed by atoms with van der Waals surface area (Å²) < 4.78 is 9.94. The van der Waals surface area contributed by atoms with E-state index in [2.05, 4.69) is 12.2 Å². The van der Waals surface area contributed by atoms with E-state index in [0.29, 0.717) is 0 Å². The summed E-state index contributed by atoms with van der Waals surface area (Å²) in [5, 5.41) is 2.82. The number of hydrogen-bond acceptors (Lipinski definition) is 4. The van der Waals surface area contributed by atoms with Gasteiger partial charge in [0.05, 0.1) is 13.5 Å². The van der Waals surface area contributed by atoms with Gasteiger partial charge in [0.1, 0.15) is 5.60 Å². The second-order valence-electron chi connectivity index (χ2n) is 6.49. The fourth-order valence-electron chi connectivity index (χ4n) is 2.25. The first-order valence-corrected chi connectivity index (χ1v) is 6.73. The van der Waals surface area contributed by atoms with Crippen molar-refractivity contribution in [1.29, 1.82) is 0 Å². The van der Waals surface area contributed by atoms with Gasteiger partial charge in [-0.25, -0.2) is 4.79 Å². The second kappa shape index (κ2) is 5.80. The molecule has 1 amide bonds. The molecule has 5 nitrogen and oxygen atoms in total. The highest BCUT2D eigenvalue weighted by atomic mass is 16.6. The molecule has 0 radical (unpaired) electrons. The molecule has 1 saturated carbocycles. The third-order valence-electron chi connectivity index (χ3n) is 3.63. The molecular weight excluding hydrogens is 246 g/mol. The molecule has 110 valence electrons. The van der Waals surface area contributed by atoms with Crippen molar-refractivity contribution in [2.24, 2.45) is 5.41 Å². The monoisotopic (exact) mass is 271 g/mol. The normalized spacial score (nSPS) is 19.0. The van der Waals surface area contributed by atoms with Crippen molar-refractivity contribution in [2.75, 3.05) is 7.11 Å². The standard InChI is InChI=1S/C14H25NO4/c1-13(2,3)19-12(17)15-10(9-11(16)18-5)14(4)7-6-8-14/h10H,6-9H2,1-5H3,(H,15,17). The number of methoxy groups -OCH3 is 1. The summed E-state index contributed by atoms with van der Waals surface area (Å²) in [4.78, 5) is 23.3. The van der Waals surface area contributed by atoms with Crippen LogP contribution < -0.4 is 5.32 Å². The zero-order valence-corrected chi connectivity index (χ0v) is 12.5. The average Bonchev–Trinajstić information content (AvgIpc) is 2.22. The Hall–Kier alpha value is -1.26. The molecule has 5 heteroatoms. The summed E-state index contributed by atoms with van der Waals surface area (Å²) in [5.41, 5.74) is -0.578. The fraction of sp³-hybridized carbons (Fsp3) is 0.857. The Balaban J connectivity index is 2.64. The maximum absolute atomic E-state index is 11.8. The van der Waals surface area contributed by atoms with Crippen molar-refractivity contribution >= 4 is 12.1 Å². The van der Waals surface area contributed by atoms with Gasteiger partial charge in [-0.3, -0.25) is 4.79 Å². The van der Waals surface area contributed by atoms with Gasteiger partial charge in [-0.15, -0.1) is 0 Å². The average molecular weight is 271 g/mol. The Kier molecular flexibility index (Phi) is 4.82. The van der Waals surface area contributed by atoms with Crippen LogP contribution in [0.25, 0.3) is 0 Å². The molecule has 0 aromatic heterocycles. The van der Waals surface area contributed by atoms with E-state index in [0.717, 1.165) is 19.3 Å². The molecule has 1 aliphatic carbocycles. The minimum atomic E-state index is -0.541. The predicted octanol–water partition coefficient (Wildman–Crippen LogP) is 2.63. The van der Waals surface area contributed by atoms with Crippen molar-refractivity contribution < 1.29 is 19.1 Å². The van der Waals surface area contributed by atoms with E-state index in [-0.39, 0.29) is 23.8 Å². The smallest absolute Gasteiger partial charge is 0.407 e. The third-order valence-corrected chi connectivity index (χ3v) is 3.63. The van der Waals surface area contributed by atoms with Crippen LogP contribution in [0.3, 0.4) is 0 Å². The van der Waals surface area contributed by atoms with Crippen molar-refractivity contribution in [3.05, 3.63) is 0 Å². The molecule has 0 bridgehead atoms. The van der Waals surface area contributed by atoms with Crippen LogP contribution in [0.4, 0.5) is 4.79 Å². The molecule has 0 aromatic carbocycles. The van der Waals surface area contributed by atoms with Gasteiger partial charge in [0.2, 0.25) is 0 Å². The maximum Gasteiger partial charge on any atom is 0.407 e. The SMILES string of the molecule is COC(=O)CC(NC(=O)OC(C)(C)C)C1(C)CCC1. The zero-order chi connectivity index (χ0) is 14.7.